The summed E-state index contributed by atoms with van der Waals surface area (Å²) in [5.41, 5.74) is 0. The van der Waals surface area contributed by atoms with E-state index in [1.54, 1.807) is 0 Å². The first-order chi connectivity index (χ1) is 10.1. The van der Waals surface area contributed by atoms with Gasteiger partial charge in [-0.3, -0.25) is 9.80 Å². The van der Waals surface area contributed by atoms with Crippen LogP contribution in [0.3, 0.4) is 0 Å². The van der Waals surface area contributed by atoms with E-state index in [0.29, 0.717) is 5.92 Å². The maximum Gasteiger partial charge on any atom is 0.243 e. The van der Waals surface area contributed by atoms with Gasteiger partial charge in [-0.25, -0.2) is 0 Å². The van der Waals surface area contributed by atoms with Crippen LogP contribution in [-0.4, -0.2) is 52.2 Å². The van der Waals surface area contributed by atoms with Crippen LogP contribution in [0.1, 0.15) is 70.1 Å². The first-order valence-electron chi connectivity index (χ1n) is 8.46. The average Bonchev–Trinajstić information content (AvgIpc) is 3.18. The van der Waals surface area contributed by atoms with Crippen molar-refractivity contribution in [3.05, 3.63) is 11.7 Å². The lowest BCUT2D eigenvalue weighted by molar-refractivity contribution is 0.0650. The molecule has 1 saturated heterocycles. The monoisotopic (exact) mass is 292 g/mol. The van der Waals surface area contributed by atoms with Crippen LogP contribution in [-0.2, 0) is 0 Å². The predicted octanol–water partition coefficient (Wildman–Crippen LogP) is 2.81. The van der Waals surface area contributed by atoms with Gasteiger partial charge < -0.3 is 4.52 Å². The second-order valence-electron chi connectivity index (χ2n) is 6.83. The first-order valence-corrected chi connectivity index (χ1v) is 8.46. The summed E-state index contributed by atoms with van der Waals surface area (Å²) in [6.07, 6.45) is 5.64. The van der Waals surface area contributed by atoms with E-state index in [2.05, 4.69) is 40.7 Å². The fourth-order valence-corrected chi connectivity index (χ4v) is 3.57. The molecule has 1 aromatic rings. The molecule has 0 bridgehead atoms. The van der Waals surface area contributed by atoms with Crippen molar-refractivity contribution in [2.45, 2.75) is 64.5 Å². The first kappa shape index (κ1) is 15.0. The van der Waals surface area contributed by atoms with Crippen molar-refractivity contribution in [1.29, 1.82) is 0 Å². The van der Waals surface area contributed by atoms with E-state index in [4.69, 9.17) is 4.52 Å². The Kier molecular flexibility index (Phi) is 4.60. The summed E-state index contributed by atoms with van der Waals surface area (Å²) in [6, 6.07) is 1.08. The summed E-state index contributed by atoms with van der Waals surface area (Å²) in [4.78, 5) is 9.71. The third kappa shape index (κ3) is 3.29. The summed E-state index contributed by atoms with van der Waals surface area (Å²) in [5.74, 6) is 1.92. The van der Waals surface area contributed by atoms with Gasteiger partial charge in [0.15, 0.2) is 5.82 Å². The molecule has 1 aliphatic carbocycles. The Morgan fingerprint density at radius 3 is 2.29 bits per heavy atom. The minimum Gasteiger partial charge on any atom is -0.338 e. The number of piperazine rings is 1. The van der Waals surface area contributed by atoms with E-state index < -0.39 is 0 Å². The molecule has 3 rings (SSSR count). The van der Waals surface area contributed by atoms with Gasteiger partial charge in [0, 0.05) is 38.1 Å². The van der Waals surface area contributed by atoms with Crippen molar-refractivity contribution < 1.29 is 4.52 Å². The quantitative estimate of drug-likeness (QED) is 0.854. The Labute approximate surface area is 127 Å². The zero-order chi connectivity index (χ0) is 14.8. The molecule has 2 heterocycles. The molecule has 2 fully saturated rings. The van der Waals surface area contributed by atoms with E-state index in [-0.39, 0.29) is 6.04 Å². The highest BCUT2D eigenvalue weighted by molar-refractivity contribution is 4.96. The van der Waals surface area contributed by atoms with Gasteiger partial charge in [-0.2, -0.15) is 4.98 Å². The van der Waals surface area contributed by atoms with Gasteiger partial charge in [-0.15, -0.1) is 0 Å². The van der Waals surface area contributed by atoms with Crippen molar-refractivity contribution in [3.8, 4) is 0 Å². The van der Waals surface area contributed by atoms with Gasteiger partial charge >= 0.3 is 0 Å². The Bertz CT molecular complexity index is 445. The average molecular weight is 292 g/mol. The minimum absolute atomic E-state index is 0.232. The Hall–Kier alpha value is -0.940. The smallest absolute Gasteiger partial charge is 0.243 e. The third-order valence-corrected chi connectivity index (χ3v) is 5.07. The summed E-state index contributed by atoms with van der Waals surface area (Å²) < 4.78 is 5.45. The maximum absolute atomic E-state index is 5.45. The minimum atomic E-state index is 0.232. The lowest BCUT2D eigenvalue weighted by Gasteiger charge is -2.39. The van der Waals surface area contributed by atoms with Crippen LogP contribution in [0.15, 0.2) is 4.52 Å². The van der Waals surface area contributed by atoms with Crippen LogP contribution in [0.5, 0.6) is 0 Å². The van der Waals surface area contributed by atoms with Gasteiger partial charge in [0.1, 0.15) is 0 Å². The fraction of sp³-hybridized carbons (Fsp3) is 0.875. The molecule has 1 aliphatic heterocycles. The van der Waals surface area contributed by atoms with E-state index >= 15 is 0 Å². The second-order valence-corrected chi connectivity index (χ2v) is 6.83. The van der Waals surface area contributed by atoms with E-state index in [1.807, 2.05) is 0 Å². The van der Waals surface area contributed by atoms with Crippen LogP contribution < -0.4 is 0 Å². The molecular weight excluding hydrogens is 264 g/mol. The maximum atomic E-state index is 5.45. The molecule has 5 nitrogen and oxygen atoms in total. The number of hydrogen-bond donors (Lipinski definition) is 0. The molecule has 1 unspecified atom stereocenters. The molecule has 0 aromatic carbocycles. The highest BCUT2D eigenvalue weighted by atomic mass is 16.5. The fourth-order valence-electron chi connectivity index (χ4n) is 3.57. The van der Waals surface area contributed by atoms with Gasteiger partial charge in [0.05, 0.1) is 6.04 Å². The molecule has 0 amide bonds. The molecular formula is C16H28N4O. The molecule has 1 aromatic heterocycles. The Morgan fingerprint density at radius 1 is 1.05 bits per heavy atom. The number of nitrogens with zero attached hydrogens (tertiary/aromatic N) is 4. The van der Waals surface area contributed by atoms with Gasteiger partial charge in [-0.1, -0.05) is 31.8 Å². The normalized spacial score (nSPS) is 24.0. The topological polar surface area (TPSA) is 45.4 Å². The van der Waals surface area contributed by atoms with Crippen LogP contribution >= 0.6 is 0 Å². The number of rotatable bonds is 4. The van der Waals surface area contributed by atoms with Crippen LogP contribution in [0.4, 0.5) is 0 Å². The molecule has 21 heavy (non-hydrogen) atoms. The lowest BCUT2D eigenvalue weighted by Crippen LogP contribution is -2.50. The van der Waals surface area contributed by atoms with Crippen molar-refractivity contribution in [2.24, 2.45) is 0 Å². The molecule has 1 saturated carbocycles. The van der Waals surface area contributed by atoms with E-state index in [0.717, 1.165) is 30.8 Å². The zero-order valence-corrected chi connectivity index (χ0v) is 13.6. The highest BCUT2D eigenvalue weighted by Gasteiger charge is 2.29. The van der Waals surface area contributed by atoms with Crippen LogP contribution in [0.2, 0.25) is 0 Å². The zero-order valence-electron chi connectivity index (χ0n) is 13.6. The molecule has 1 atom stereocenters. The highest BCUT2D eigenvalue weighted by Crippen LogP contribution is 2.27. The third-order valence-electron chi connectivity index (χ3n) is 5.07. The molecule has 0 spiro atoms. The van der Waals surface area contributed by atoms with Crippen molar-refractivity contribution in [1.82, 2.24) is 19.9 Å². The standard InChI is InChI=1S/C16H28N4O/c1-12(2)15-17-16(21-18-15)13(3)19-8-10-20(11-9-19)14-6-4-5-7-14/h12-14H,4-11H2,1-3H3. The summed E-state index contributed by atoms with van der Waals surface area (Å²) in [7, 11) is 0. The van der Waals surface area contributed by atoms with Crippen LogP contribution in [0.25, 0.3) is 0 Å². The molecule has 118 valence electrons. The summed E-state index contributed by atoms with van der Waals surface area (Å²) in [6.45, 7) is 11.0. The van der Waals surface area contributed by atoms with Gasteiger partial charge in [0.2, 0.25) is 5.89 Å². The van der Waals surface area contributed by atoms with Gasteiger partial charge in [0.25, 0.3) is 0 Å². The van der Waals surface area contributed by atoms with Crippen molar-refractivity contribution >= 4 is 0 Å². The van der Waals surface area contributed by atoms with E-state index in [9.17, 15) is 0 Å². The van der Waals surface area contributed by atoms with E-state index in [1.165, 1.54) is 38.8 Å². The number of hydrogen-bond acceptors (Lipinski definition) is 5. The summed E-state index contributed by atoms with van der Waals surface area (Å²) >= 11 is 0. The molecule has 5 heteroatoms. The van der Waals surface area contributed by atoms with Crippen LogP contribution in [0, 0.1) is 0 Å². The van der Waals surface area contributed by atoms with Crippen molar-refractivity contribution in [2.75, 3.05) is 26.2 Å². The second kappa shape index (κ2) is 6.44. The lowest BCUT2D eigenvalue weighted by atomic mass is 10.1. The SMILES string of the molecule is CC(C)c1noc(C(C)N2CCN(C3CCCC3)CC2)n1. The summed E-state index contributed by atoms with van der Waals surface area (Å²) in [5, 5.41) is 4.09. The molecule has 2 aliphatic rings. The van der Waals surface area contributed by atoms with Crippen molar-refractivity contribution in [3.63, 3.8) is 0 Å². The Morgan fingerprint density at radius 2 is 1.71 bits per heavy atom. The van der Waals surface area contributed by atoms with Gasteiger partial charge in [-0.05, 0) is 19.8 Å². The largest absolute Gasteiger partial charge is 0.338 e. The Balaban J connectivity index is 1.55. The molecule has 0 radical (unpaired) electrons. The number of aromatic nitrogens is 2. The predicted molar refractivity (Wildman–Crippen MR) is 82.2 cm³/mol. The molecule has 0 N–H and O–H groups in total.